The summed E-state index contributed by atoms with van der Waals surface area (Å²) >= 11 is 31.1. The zero-order valence-electron chi connectivity index (χ0n) is 11.8. The largest absolute Gasteiger partial charge is 0.0843 e. The van der Waals surface area contributed by atoms with Crippen molar-refractivity contribution in [2.24, 2.45) is 0 Å². The van der Waals surface area contributed by atoms with Crippen LogP contribution in [0.3, 0.4) is 0 Å². The number of rotatable bonds is 2. The van der Waals surface area contributed by atoms with E-state index in [-0.39, 0.29) is 0 Å². The van der Waals surface area contributed by atoms with Crippen LogP contribution in [0.1, 0.15) is 24.0 Å². The highest BCUT2D eigenvalue weighted by molar-refractivity contribution is 6.43. The fourth-order valence-corrected chi connectivity index (χ4v) is 3.82. The van der Waals surface area contributed by atoms with Crippen LogP contribution in [0.25, 0.3) is 11.1 Å². The molecule has 0 saturated carbocycles. The quantitative estimate of drug-likeness (QED) is 0.474. The SMILES string of the molecule is ClC1=C(c2ccc(Cl)cc2Cl)CCC=C1c1ccc(Cl)c(Cl)c1. The Kier molecular flexibility index (Phi) is 5.30. The molecule has 0 N–H and O–H groups in total. The lowest BCUT2D eigenvalue weighted by atomic mass is 9.90. The van der Waals surface area contributed by atoms with Crippen LogP contribution in [-0.2, 0) is 0 Å². The van der Waals surface area contributed by atoms with E-state index in [0.29, 0.717) is 25.1 Å². The minimum absolute atomic E-state index is 0.506. The molecule has 0 nitrogen and oxygen atoms in total. The molecule has 118 valence electrons. The summed E-state index contributed by atoms with van der Waals surface area (Å²) in [4.78, 5) is 0. The maximum Gasteiger partial charge on any atom is 0.0598 e. The maximum absolute atomic E-state index is 6.67. The molecule has 0 saturated heterocycles. The minimum atomic E-state index is 0.506. The summed E-state index contributed by atoms with van der Waals surface area (Å²) in [7, 11) is 0. The monoisotopic (exact) mass is 402 g/mol. The van der Waals surface area contributed by atoms with E-state index in [1.807, 2.05) is 24.3 Å². The van der Waals surface area contributed by atoms with Gasteiger partial charge in [-0.25, -0.2) is 0 Å². The normalized spacial score (nSPS) is 14.9. The van der Waals surface area contributed by atoms with Gasteiger partial charge in [0.15, 0.2) is 0 Å². The lowest BCUT2D eigenvalue weighted by Gasteiger charge is -2.20. The number of hydrogen-bond donors (Lipinski definition) is 0. The van der Waals surface area contributed by atoms with Crippen LogP contribution in [-0.4, -0.2) is 0 Å². The third-order valence-electron chi connectivity index (χ3n) is 3.73. The summed E-state index contributed by atoms with van der Waals surface area (Å²) in [6.07, 6.45) is 3.81. The van der Waals surface area contributed by atoms with Crippen molar-refractivity contribution in [1.82, 2.24) is 0 Å². The number of allylic oxidation sites excluding steroid dienone is 4. The number of halogens is 5. The lowest BCUT2D eigenvalue weighted by Crippen LogP contribution is -1.98. The molecule has 23 heavy (non-hydrogen) atoms. The third-order valence-corrected chi connectivity index (χ3v) is 5.45. The molecule has 0 atom stereocenters. The Labute approximate surface area is 160 Å². The maximum atomic E-state index is 6.67. The van der Waals surface area contributed by atoms with Crippen molar-refractivity contribution in [2.45, 2.75) is 12.8 Å². The van der Waals surface area contributed by atoms with Crippen molar-refractivity contribution < 1.29 is 0 Å². The van der Waals surface area contributed by atoms with Crippen LogP contribution in [0, 0.1) is 0 Å². The van der Waals surface area contributed by atoms with Gasteiger partial charge in [-0.15, -0.1) is 0 Å². The van der Waals surface area contributed by atoms with Crippen LogP contribution in [0.4, 0.5) is 0 Å². The van der Waals surface area contributed by atoms with Gasteiger partial charge < -0.3 is 0 Å². The summed E-state index contributed by atoms with van der Waals surface area (Å²) in [5.41, 5.74) is 3.80. The van der Waals surface area contributed by atoms with Gasteiger partial charge in [-0.05, 0) is 59.4 Å². The highest BCUT2D eigenvalue weighted by atomic mass is 35.5. The van der Waals surface area contributed by atoms with Gasteiger partial charge in [-0.1, -0.05) is 76.2 Å². The van der Waals surface area contributed by atoms with Crippen LogP contribution in [0.15, 0.2) is 47.5 Å². The molecule has 2 aromatic carbocycles. The van der Waals surface area contributed by atoms with E-state index in [1.54, 1.807) is 12.1 Å². The van der Waals surface area contributed by atoms with E-state index >= 15 is 0 Å². The molecule has 0 fully saturated rings. The van der Waals surface area contributed by atoms with Gasteiger partial charge in [0.05, 0.1) is 15.1 Å². The number of benzene rings is 2. The van der Waals surface area contributed by atoms with Crippen LogP contribution >= 0.6 is 58.0 Å². The smallest absolute Gasteiger partial charge is 0.0598 e. The fraction of sp³-hybridized carbons (Fsp3) is 0.111. The molecule has 3 rings (SSSR count). The molecular formula is C18H11Cl5. The molecule has 0 spiro atoms. The minimum Gasteiger partial charge on any atom is -0.0843 e. The average molecular weight is 405 g/mol. The van der Waals surface area contributed by atoms with Gasteiger partial charge in [0, 0.05) is 10.0 Å². The van der Waals surface area contributed by atoms with Gasteiger partial charge in [-0.2, -0.15) is 0 Å². The van der Waals surface area contributed by atoms with E-state index < -0.39 is 0 Å². The fourth-order valence-electron chi connectivity index (χ4n) is 2.62. The van der Waals surface area contributed by atoms with E-state index in [1.165, 1.54) is 0 Å². The van der Waals surface area contributed by atoms with Crippen molar-refractivity contribution in [3.05, 3.63) is 78.7 Å². The second-order valence-corrected chi connectivity index (χ2v) is 7.24. The Balaban J connectivity index is 2.08. The molecule has 1 aliphatic rings. The van der Waals surface area contributed by atoms with E-state index in [2.05, 4.69) is 6.08 Å². The van der Waals surface area contributed by atoms with E-state index in [9.17, 15) is 0 Å². The van der Waals surface area contributed by atoms with Crippen molar-refractivity contribution in [3.8, 4) is 0 Å². The predicted molar refractivity (Wildman–Crippen MR) is 103 cm³/mol. The van der Waals surface area contributed by atoms with Gasteiger partial charge in [0.25, 0.3) is 0 Å². The summed E-state index contributed by atoms with van der Waals surface area (Å²) in [5, 5.41) is 2.91. The molecular weight excluding hydrogens is 393 g/mol. The van der Waals surface area contributed by atoms with Gasteiger partial charge >= 0.3 is 0 Å². The summed E-state index contributed by atoms with van der Waals surface area (Å²) in [6, 6.07) is 11.0. The van der Waals surface area contributed by atoms with Crippen molar-refractivity contribution in [3.63, 3.8) is 0 Å². The second-order valence-electron chi connectivity index (χ2n) is 5.20. The van der Waals surface area contributed by atoms with Gasteiger partial charge in [-0.3, -0.25) is 0 Å². The summed E-state index contributed by atoms with van der Waals surface area (Å²) in [6.45, 7) is 0. The molecule has 0 bridgehead atoms. The molecule has 0 amide bonds. The van der Waals surface area contributed by atoms with Crippen LogP contribution < -0.4 is 0 Å². The Morgan fingerprint density at radius 2 is 1.52 bits per heavy atom. The number of hydrogen-bond acceptors (Lipinski definition) is 0. The Morgan fingerprint density at radius 3 is 2.22 bits per heavy atom. The zero-order chi connectivity index (χ0) is 16.6. The van der Waals surface area contributed by atoms with Crippen molar-refractivity contribution >= 4 is 69.2 Å². The Morgan fingerprint density at radius 1 is 0.739 bits per heavy atom. The van der Waals surface area contributed by atoms with E-state index in [4.69, 9.17) is 58.0 Å². The third kappa shape index (κ3) is 3.57. The topological polar surface area (TPSA) is 0 Å². The van der Waals surface area contributed by atoms with E-state index in [0.717, 1.165) is 35.1 Å². The standard InChI is InChI=1S/C18H11Cl5/c19-11-5-6-13(16(21)9-11)14-3-1-2-12(18(14)23)10-4-7-15(20)17(22)8-10/h2,4-9H,1,3H2. The molecule has 0 aromatic heterocycles. The van der Waals surface area contributed by atoms with Gasteiger partial charge in [0.2, 0.25) is 0 Å². The Hall–Kier alpha value is -0.630. The second kappa shape index (κ2) is 7.09. The highest BCUT2D eigenvalue weighted by Crippen LogP contribution is 2.42. The Bertz CT molecular complexity index is 833. The average Bonchev–Trinajstić information content (AvgIpc) is 2.51. The van der Waals surface area contributed by atoms with Crippen LogP contribution in [0.5, 0.6) is 0 Å². The van der Waals surface area contributed by atoms with Crippen LogP contribution in [0.2, 0.25) is 20.1 Å². The lowest BCUT2D eigenvalue weighted by molar-refractivity contribution is 1.05. The van der Waals surface area contributed by atoms with Gasteiger partial charge in [0.1, 0.15) is 0 Å². The predicted octanol–water partition coefficient (Wildman–Crippen LogP) is 8.13. The molecule has 0 heterocycles. The summed E-state index contributed by atoms with van der Waals surface area (Å²) < 4.78 is 0. The molecule has 0 aliphatic heterocycles. The molecule has 0 unspecified atom stereocenters. The molecule has 2 aromatic rings. The summed E-state index contributed by atoms with van der Waals surface area (Å²) in [5.74, 6) is 0. The molecule has 5 heteroatoms. The first kappa shape index (κ1) is 17.2. The van der Waals surface area contributed by atoms with Crippen molar-refractivity contribution in [1.29, 1.82) is 0 Å². The van der Waals surface area contributed by atoms with Crippen molar-refractivity contribution in [2.75, 3.05) is 0 Å². The molecule has 1 aliphatic carbocycles. The first-order chi connectivity index (χ1) is 11.0. The highest BCUT2D eigenvalue weighted by Gasteiger charge is 2.19. The first-order valence-electron chi connectivity index (χ1n) is 6.97. The zero-order valence-corrected chi connectivity index (χ0v) is 15.6. The first-order valence-corrected chi connectivity index (χ1v) is 8.86. The molecule has 0 radical (unpaired) electrons.